The number of nitrogens with one attached hydrogen (secondary N) is 1. The van der Waals surface area contributed by atoms with Gasteiger partial charge < -0.3 is 11.1 Å². The summed E-state index contributed by atoms with van der Waals surface area (Å²) in [5.74, 6) is 0.767. The van der Waals surface area contributed by atoms with Gasteiger partial charge in [-0.05, 0) is 36.8 Å². The van der Waals surface area contributed by atoms with Crippen LogP contribution >= 0.6 is 12.2 Å². The van der Waals surface area contributed by atoms with Crippen LogP contribution in [0.1, 0.15) is 31.4 Å². The van der Waals surface area contributed by atoms with E-state index in [1.807, 2.05) is 6.07 Å². The lowest BCUT2D eigenvalue weighted by Gasteiger charge is -2.12. The van der Waals surface area contributed by atoms with Gasteiger partial charge in [-0.25, -0.2) is 0 Å². The molecule has 92 valence electrons. The van der Waals surface area contributed by atoms with Gasteiger partial charge >= 0.3 is 0 Å². The van der Waals surface area contributed by atoms with Crippen LogP contribution in [0.2, 0.25) is 0 Å². The highest BCUT2D eigenvalue weighted by Gasteiger charge is 2.44. The van der Waals surface area contributed by atoms with E-state index < -0.39 is 0 Å². The molecule has 0 radical (unpaired) electrons. The lowest BCUT2D eigenvalue weighted by Crippen LogP contribution is -2.15. The second kappa shape index (κ2) is 4.30. The minimum atomic E-state index is 0.464. The molecule has 1 atom stereocenters. The summed E-state index contributed by atoms with van der Waals surface area (Å²) in [6.07, 6.45) is 1.30. The maximum Gasteiger partial charge on any atom is 0.106 e. The number of hydrogen-bond acceptors (Lipinski definition) is 2. The second-order valence-corrected chi connectivity index (χ2v) is 6.12. The van der Waals surface area contributed by atoms with Gasteiger partial charge in [0.25, 0.3) is 0 Å². The van der Waals surface area contributed by atoms with Crippen molar-refractivity contribution in [3.8, 4) is 0 Å². The molecular formula is C14H20N2S. The predicted octanol–water partition coefficient (Wildman–Crippen LogP) is 3.09. The second-order valence-electron chi connectivity index (χ2n) is 5.68. The molecule has 1 fully saturated rings. The molecule has 2 rings (SSSR count). The first kappa shape index (κ1) is 12.4. The van der Waals surface area contributed by atoms with Crippen molar-refractivity contribution in [2.45, 2.75) is 27.2 Å². The van der Waals surface area contributed by atoms with E-state index in [-0.39, 0.29) is 0 Å². The third kappa shape index (κ3) is 2.78. The highest BCUT2D eigenvalue weighted by Crippen LogP contribution is 2.51. The molecule has 0 bridgehead atoms. The molecule has 1 saturated carbocycles. The molecule has 17 heavy (non-hydrogen) atoms. The van der Waals surface area contributed by atoms with E-state index in [1.54, 1.807) is 0 Å². The Labute approximate surface area is 109 Å². The zero-order valence-electron chi connectivity index (χ0n) is 10.7. The quantitative estimate of drug-likeness (QED) is 0.804. The van der Waals surface area contributed by atoms with E-state index in [0.29, 0.717) is 10.4 Å². The van der Waals surface area contributed by atoms with Crippen molar-refractivity contribution in [2.75, 3.05) is 11.9 Å². The van der Waals surface area contributed by atoms with Crippen LogP contribution in [-0.4, -0.2) is 11.5 Å². The molecule has 1 aliphatic carbocycles. The molecule has 0 amide bonds. The van der Waals surface area contributed by atoms with Crippen molar-refractivity contribution in [3.05, 3.63) is 29.3 Å². The maximum atomic E-state index is 5.75. The van der Waals surface area contributed by atoms with Crippen LogP contribution in [0.5, 0.6) is 0 Å². The smallest absolute Gasteiger partial charge is 0.106 e. The number of aryl methyl sites for hydroxylation is 1. The molecule has 0 spiro atoms. The van der Waals surface area contributed by atoms with E-state index in [0.717, 1.165) is 23.7 Å². The molecule has 3 heteroatoms. The van der Waals surface area contributed by atoms with Gasteiger partial charge in [-0.1, -0.05) is 37.7 Å². The van der Waals surface area contributed by atoms with Crippen LogP contribution in [0.25, 0.3) is 0 Å². The van der Waals surface area contributed by atoms with Crippen molar-refractivity contribution < 1.29 is 0 Å². The Bertz CT molecular complexity index is 452. The van der Waals surface area contributed by atoms with Crippen LogP contribution in [0.4, 0.5) is 5.69 Å². The predicted molar refractivity (Wildman–Crippen MR) is 77.4 cm³/mol. The minimum Gasteiger partial charge on any atom is -0.389 e. The zero-order valence-corrected chi connectivity index (χ0v) is 11.5. The Morgan fingerprint density at radius 1 is 1.53 bits per heavy atom. The molecule has 2 nitrogen and oxygen atoms in total. The molecule has 1 aromatic carbocycles. The molecule has 1 unspecified atom stereocenters. The Balaban J connectivity index is 2.08. The van der Waals surface area contributed by atoms with E-state index in [9.17, 15) is 0 Å². The van der Waals surface area contributed by atoms with Crippen molar-refractivity contribution in [3.63, 3.8) is 0 Å². The standard InChI is InChI=1S/C14H20N2S/c1-9-4-5-12(11(6-9)13(15)17)16-8-10-7-14(10,2)3/h4-6,10,16H,7-8H2,1-3H3,(H2,15,17). The summed E-state index contributed by atoms with van der Waals surface area (Å²) in [5.41, 5.74) is 9.45. The molecular weight excluding hydrogens is 228 g/mol. The summed E-state index contributed by atoms with van der Waals surface area (Å²) in [5, 5.41) is 3.47. The number of benzene rings is 1. The number of thiocarbonyl (C=S) groups is 1. The Kier molecular flexibility index (Phi) is 3.13. The summed E-state index contributed by atoms with van der Waals surface area (Å²) in [6.45, 7) is 7.67. The van der Waals surface area contributed by atoms with Crippen molar-refractivity contribution in [1.29, 1.82) is 0 Å². The zero-order chi connectivity index (χ0) is 12.6. The summed E-state index contributed by atoms with van der Waals surface area (Å²) in [6, 6.07) is 6.20. The van der Waals surface area contributed by atoms with Gasteiger partial charge in [-0.15, -0.1) is 0 Å². The van der Waals surface area contributed by atoms with Gasteiger partial charge in [0.1, 0.15) is 4.99 Å². The SMILES string of the molecule is Cc1ccc(NCC2CC2(C)C)c(C(N)=S)c1. The van der Waals surface area contributed by atoms with Gasteiger partial charge in [0.05, 0.1) is 0 Å². The molecule has 0 aromatic heterocycles. The van der Waals surface area contributed by atoms with Crippen molar-refractivity contribution in [2.24, 2.45) is 17.1 Å². The van der Waals surface area contributed by atoms with Crippen LogP contribution in [-0.2, 0) is 0 Å². The molecule has 1 aromatic rings. The first-order valence-electron chi connectivity index (χ1n) is 6.04. The fourth-order valence-electron chi connectivity index (χ4n) is 2.17. The average molecular weight is 248 g/mol. The summed E-state index contributed by atoms with van der Waals surface area (Å²) < 4.78 is 0. The summed E-state index contributed by atoms with van der Waals surface area (Å²) >= 11 is 5.09. The van der Waals surface area contributed by atoms with Gasteiger partial charge in [0, 0.05) is 17.8 Å². The fraction of sp³-hybridized carbons (Fsp3) is 0.500. The molecule has 0 saturated heterocycles. The van der Waals surface area contributed by atoms with Crippen molar-refractivity contribution >= 4 is 22.9 Å². The molecule has 0 aliphatic heterocycles. The van der Waals surface area contributed by atoms with Gasteiger partial charge in [-0.2, -0.15) is 0 Å². The van der Waals surface area contributed by atoms with Crippen LogP contribution < -0.4 is 11.1 Å². The Morgan fingerprint density at radius 2 is 2.18 bits per heavy atom. The third-order valence-electron chi connectivity index (χ3n) is 3.70. The van der Waals surface area contributed by atoms with E-state index in [2.05, 4.69) is 38.2 Å². The fourth-order valence-corrected chi connectivity index (χ4v) is 2.34. The molecule has 0 heterocycles. The number of anilines is 1. The van der Waals surface area contributed by atoms with Gasteiger partial charge in [0.2, 0.25) is 0 Å². The summed E-state index contributed by atoms with van der Waals surface area (Å²) in [4.78, 5) is 0.464. The molecule has 3 N–H and O–H groups in total. The number of nitrogens with two attached hydrogens (primary N) is 1. The minimum absolute atomic E-state index is 0.464. The summed E-state index contributed by atoms with van der Waals surface area (Å²) in [7, 11) is 0. The number of rotatable bonds is 4. The van der Waals surface area contributed by atoms with E-state index in [4.69, 9.17) is 18.0 Å². The lowest BCUT2D eigenvalue weighted by molar-refractivity contribution is 0.573. The van der Waals surface area contributed by atoms with Gasteiger partial charge in [0.15, 0.2) is 0 Å². The van der Waals surface area contributed by atoms with E-state index >= 15 is 0 Å². The van der Waals surface area contributed by atoms with Crippen LogP contribution in [0, 0.1) is 18.3 Å². The average Bonchev–Trinajstić information content (AvgIpc) is 2.84. The number of hydrogen-bond donors (Lipinski definition) is 2. The first-order valence-corrected chi connectivity index (χ1v) is 6.45. The first-order chi connectivity index (χ1) is 7.90. The van der Waals surface area contributed by atoms with Crippen LogP contribution in [0.15, 0.2) is 18.2 Å². The molecule has 1 aliphatic rings. The van der Waals surface area contributed by atoms with Crippen LogP contribution in [0.3, 0.4) is 0 Å². The Morgan fingerprint density at radius 3 is 2.71 bits per heavy atom. The maximum absolute atomic E-state index is 5.75. The van der Waals surface area contributed by atoms with Crippen molar-refractivity contribution in [1.82, 2.24) is 0 Å². The Hall–Kier alpha value is -1.09. The normalized spacial score (nSPS) is 21.0. The third-order valence-corrected chi connectivity index (χ3v) is 3.92. The lowest BCUT2D eigenvalue weighted by atomic mass is 10.1. The monoisotopic (exact) mass is 248 g/mol. The highest BCUT2D eigenvalue weighted by molar-refractivity contribution is 7.80. The highest BCUT2D eigenvalue weighted by atomic mass is 32.1. The van der Waals surface area contributed by atoms with E-state index in [1.165, 1.54) is 12.0 Å². The van der Waals surface area contributed by atoms with Gasteiger partial charge in [-0.3, -0.25) is 0 Å². The largest absolute Gasteiger partial charge is 0.389 e. The topological polar surface area (TPSA) is 38.0 Å².